The number of carbonyl (C=O) groups is 1. The number of hydrogen-bond acceptors (Lipinski definition) is 3. The molecule has 2 rings (SSSR count). The van der Waals surface area contributed by atoms with E-state index in [4.69, 9.17) is 0 Å². The molecule has 0 saturated heterocycles. The van der Waals surface area contributed by atoms with Crippen LogP contribution in [0.4, 0.5) is 4.79 Å². The fourth-order valence-electron chi connectivity index (χ4n) is 3.07. The molecule has 2 amide bonds. The van der Waals surface area contributed by atoms with Crippen LogP contribution < -0.4 is 10.6 Å². The Morgan fingerprint density at radius 2 is 2.05 bits per heavy atom. The second-order valence-electron chi connectivity index (χ2n) is 6.24. The SMILES string of the molecule is CN(C)C1CCCC(NC(=O)N[C@H](CO)c2ccccc2)C1. The first-order valence-corrected chi connectivity index (χ1v) is 7.99. The standard InChI is InChI=1S/C17H27N3O2/c1-20(2)15-10-6-9-14(11-15)18-17(22)19-16(12-21)13-7-4-3-5-8-13/h3-5,7-8,14-16,21H,6,9-12H2,1-2H3,(H2,18,19,22)/t14?,15?,16-/m1/s1. The zero-order valence-electron chi connectivity index (χ0n) is 13.5. The monoisotopic (exact) mass is 305 g/mol. The van der Waals surface area contributed by atoms with Gasteiger partial charge in [0.15, 0.2) is 0 Å². The molecule has 1 aromatic rings. The molecule has 2 unspecified atom stereocenters. The number of aliphatic hydroxyl groups excluding tert-OH is 1. The highest BCUT2D eigenvalue weighted by Gasteiger charge is 2.25. The van der Waals surface area contributed by atoms with Crippen LogP contribution in [0.5, 0.6) is 0 Å². The van der Waals surface area contributed by atoms with Gasteiger partial charge in [0.2, 0.25) is 0 Å². The summed E-state index contributed by atoms with van der Waals surface area (Å²) in [7, 11) is 4.18. The molecule has 3 atom stereocenters. The summed E-state index contributed by atoms with van der Waals surface area (Å²) in [5.41, 5.74) is 0.912. The Kier molecular flexibility index (Phi) is 6.21. The van der Waals surface area contributed by atoms with Crippen molar-refractivity contribution in [3.63, 3.8) is 0 Å². The molecule has 1 aliphatic rings. The number of urea groups is 1. The van der Waals surface area contributed by atoms with Crippen molar-refractivity contribution in [3.8, 4) is 0 Å². The van der Waals surface area contributed by atoms with Gasteiger partial charge in [-0.05, 0) is 45.3 Å². The molecule has 0 bridgehead atoms. The third kappa shape index (κ3) is 4.71. The lowest BCUT2D eigenvalue weighted by atomic mass is 9.90. The van der Waals surface area contributed by atoms with Crippen molar-refractivity contribution in [2.24, 2.45) is 0 Å². The number of hydrogen-bond donors (Lipinski definition) is 3. The summed E-state index contributed by atoms with van der Waals surface area (Å²) in [5, 5.41) is 15.4. The zero-order chi connectivity index (χ0) is 15.9. The number of aliphatic hydroxyl groups is 1. The highest BCUT2D eigenvalue weighted by Crippen LogP contribution is 2.21. The van der Waals surface area contributed by atoms with Crippen LogP contribution in [0.25, 0.3) is 0 Å². The lowest BCUT2D eigenvalue weighted by Crippen LogP contribution is -2.48. The molecule has 0 radical (unpaired) electrons. The van der Waals surface area contributed by atoms with Gasteiger partial charge in [-0.15, -0.1) is 0 Å². The van der Waals surface area contributed by atoms with Crippen LogP contribution >= 0.6 is 0 Å². The molecule has 1 aromatic carbocycles. The van der Waals surface area contributed by atoms with Gasteiger partial charge in [0.05, 0.1) is 12.6 Å². The van der Waals surface area contributed by atoms with Crippen molar-refractivity contribution in [3.05, 3.63) is 35.9 Å². The maximum absolute atomic E-state index is 12.2. The smallest absolute Gasteiger partial charge is 0.315 e. The van der Waals surface area contributed by atoms with Crippen molar-refractivity contribution >= 4 is 6.03 Å². The van der Waals surface area contributed by atoms with E-state index in [1.54, 1.807) is 0 Å². The van der Waals surface area contributed by atoms with E-state index in [0.717, 1.165) is 24.8 Å². The lowest BCUT2D eigenvalue weighted by Gasteiger charge is -2.34. The first kappa shape index (κ1) is 16.8. The number of nitrogens with one attached hydrogen (secondary N) is 2. The van der Waals surface area contributed by atoms with E-state index in [9.17, 15) is 9.90 Å². The van der Waals surface area contributed by atoms with E-state index in [1.165, 1.54) is 6.42 Å². The topological polar surface area (TPSA) is 64.6 Å². The van der Waals surface area contributed by atoms with E-state index in [2.05, 4.69) is 29.6 Å². The summed E-state index contributed by atoms with van der Waals surface area (Å²) >= 11 is 0. The van der Waals surface area contributed by atoms with Crippen molar-refractivity contribution in [1.29, 1.82) is 0 Å². The fourth-order valence-corrected chi connectivity index (χ4v) is 3.07. The van der Waals surface area contributed by atoms with Crippen LogP contribution in [-0.4, -0.2) is 48.8 Å². The average molecular weight is 305 g/mol. The fraction of sp³-hybridized carbons (Fsp3) is 0.588. The van der Waals surface area contributed by atoms with Crippen LogP contribution in [-0.2, 0) is 0 Å². The van der Waals surface area contributed by atoms with Gasteiger partial charge < -0.3 is 20.6 Å². The highest BCUT2D eigenvalue weighted by atomic mass is 16.3. The van der Waals surface area contributed by atoms with Gasteiger partial charge in [-0.25, -0.2) is 4.79 Å². The van der Waals surface area contributed by atoms with E-state index < -0.39 is 0 Å². The maximum Gasteiger partial charge on any atom is 0.315 e. The molecule has 3 N–H and O–H groups in total. The summed E-state index contributed by atoms with van der Waals surface area (Å²) in [6.45, 7) is -0.109. The summed E-state index contributed by atoms with van der Waals surface area (Å²) < 4.78 is 0. The molecule has 5 heteroatoms. The molecule has 0 aliphatic heterocycles. The minimum Gasteiger partial charge on any atom is -0.394 e. The second-order valence-corrected chi connectivity index (χ2v) is 6.24. The number of carbonyl (C=O) groups excluding carboxylic acids is 1. The normalized spacial score (nSPS) is 23.1. The predicted octanol–water partition coefficient (Wildman–Crippen LogP) is 1.89. The summed E-state index contributed by atoms with van der Waals surface area (Å²) in [5.74, 6) is 0. The van der Waals surface area contributed by atoms with E-state index >= 15 is 0 Å². The Morgan fingerprint density at radius 1 is 1.32 bits per heavy atom. The van der Waals surface area contributed by atoms with E-state index in [-0.39, 0.29) is 24.7 Å². The highest BCUT2D eigenvalue weighted by molar-refractivity contribution is 5.74. The number of nitrogens with zero attached hydrogens (tertiary/aromatic N) is 1. The van der Waals surface area contributed by atoms with Crippen molar-refractivity contribution in [2.45, 2.75) is 43.8 Å². The Hall–Kier alpha value is -1.59. The molecular formula is C17H27N3O2. The molecule has 1 fully saturated rings. The molecule has 1 aliphatic carbocycles. The van der Waals surface area contributed by atoms with Crippen molar-refractivity contribution in [2.75, 3.05) is 20.7 Å². The van der Waals surface area contributed by atoms with Crippen molar-refractivity contribution < 1.29 is 9.90 Å². The Morgan fingerprint density at radius 3 is 2.68 bits per heavy atom. The summed E-state index contributed by atoms with van der Waals surface area (Å²) in [6, 6.07) is 9.70. The van der Waals surface area contributed by atoms with E-state index in [1.807, 2.05) is 30.3 Å². The average Bonchev–Trinajstić information content (AvgIpc) is 2.53. The molecule has 1 saturated carbocycles. The Balaban J connectivity index is 1.86. The molecule has 0 heterocycles. The van der Waals surface area contributed by atoms with E-state index in [0.29, 0.717) is 6.04 Å². The van der Waals surface area contributed by atoms with Gasteiger partial charge in [-0.3, -0.25) is 0 Å². The maximum atomic E-state index is 12.2. The zero-order valence-corrected chi connectivity index (χ0v) is 13.5. The summed E-state index contributed by atoms with van der Waals surface area (Å²) in [4.78, 5) is 14.4. The Labute approximate surface area is 132 Å². The first-order valence-electron chi connectivity index (χ1n) is 7.99. The van der Waals surface area contributed by atoms with Crippen LogP contribution in [0, 0.1) is 0 Å². The minimum atomic E-state index is -0.366. The largest absolute Gasteiger partial charge is 0.394 e. The molecular weight excluding hydrogens is 278 g/mol. The van der Waals surface area contributed by atoms with Gasteiger partial charge in [0.25, 0.3) is 0 Å². The van der Waals surface area contributed by atoms with Gasteiger partial charge in [0.1, 0.15) is 0 Å². The Bertz CT molecular complexity index is 464. The molecule has 5 nitrogen and oxygen atoms in total. The first-order chi connectivity index (χ1) is 10.6. The quantitative estimate of drug-likeness (QED) is 0.778. The third-order valence-electron chi connectivity index (χ3n) is 4.40. The van der Waals surface area contributed by atoms with Gasteiger partial charge >= 0.3 is 6.03 Å². The van der Waals surface area contributed by atoms with Crippen LogP contribution in [0.1, 0.15) is 37.3 Å². The van der Waals surface area contributed by atoms with Gasteiger partial charge in [-0.1, -0.05) is 30.3 Å². The number of benzene rings is 1. The second kappa shape index (κ2) is 8.15. The van der Waals surface area contributed by atoms with Gasteiger partial charge in [0, 0.05) is 12.1 Å². The number of amides is 2. The lowest BCUT2D eigenvalue weighted by molar-refractivity contribution is 0.187. The van der Waals surface area contributed by atoms with Crippen LogP contribution in [0.2, 0.25) is 0 Å². The molecule has 0 spiro atoms. The van der Waals surface area contributed by atoms with Gasteiger partial charge in [-0.2, -0.15) is 0 Å². The predicted molar refractivity (Wildman–Crippen MR) is 87.7 cm³/mol. The molecule has 0 aromatic heterocycles. The van der Waals surface area contributed by atoms with Crippen molar-refractivity contribution in [1.82, 2.24) is 15.5 Å². The third-order valence-corrected chi connectivity index (χ3v) is 4.40. The number of rotatable bonds is 5. The molecule has 122 valence electrons. The van der Waals surface area contributed by atoms with Crippen LogP contribution in [0.15, 0.2) is 30.3 Å². The minimum absolute atomic E-state index is 0.109. The van der Waals surface area contributed by atoms with Crippen LogP contribution in [0.3, 0.4) is 0 Å². The summed E-state index contributed by atoms with van der Waals surface area (Å²) in [6.07, 6.45) is 4.33. The molecule has 22 heavy (non-hydrogen) atoms.